The van der Waals surface area contributed by atoms with Crippen LogP contribution in [0, 0.1) is 5.41 Å². The van der Waals surface area contributed by atoms with E-state index >= 15 is 0 Å². The van der Waals surface area contributed by atoms with Crippen LogP contribution in [0.5, 0.6) is 0 Å². The fraction of sp³-hybridized carbons (Fsp3) is 0.889. The standard InChI is InChI=1S/C9H17NO.ClH/c1-9(2,3)8-6-7(11)4-5-10-8;/h8,10H,4-6H2,1-3H3;1H. The molecule has 0 amide bonds. The normalized spacial score (nSPS) is 24.9. The molecule has 0 saturated carbocycles. The van der Waals surface area contributed by atoms with Gasteiger partial charge in [0.05, 0.1) is 0 Å². The van der Waals surface area contributed by atoms with Crippen LogP contribution in [0.4, 0.5) is 0 Å². The van der Waals surface area contributed by atoms with Crippen molar-refractivity contribution in [2.45, 2.75) is 39.7 Å². The highest BCUT2D eigenvalue weighted by atomic mass is 35.5. The molecule has 72 valence electrons. The maximum Gasteiger partial charge on any atom is 0.135 e. The molecule has 1 rings (SSSR count). The van der Waals surface area contributed by atoms with Crippen molar-refractivity contribution in [2.75, 3.05) is 6.54 Å². The molecule has 0 spiro atoms. The van der Waals surface area contributed by atoms with Gasteiger partial charge in [-0.3, -0.25) is 4.79 Å². The first-order valence-corrected chi connectivity index (χ1v) is 4.25. The summed E-state index contributed by atoms with van der Waals surface area (Å²) in [6, 6.07) is 0.378. The Hall–Kier alpha value is -0.0800. The minimum atomic E-state index is 0. The summed E-state index contributed by atoms with van der Waals surface area (Å²) in [5, 5.41) is 3.37. The first-order valence-electron chi connectivity index (χ1n) is 4.25. The Labute approximate surface area is 80.5 Å². The molecule has 1 N–H and O–H groups in total. The number of rotatable bonds is 0. The molecule has 1 atom stereocenters. The molecular formula is C9H18ClNO. The number of piperidine rings is 1. The molecule has 1 fully saturated rings. The first kappa shape index (κ1) is 11.9. The van der Waals surface area contributed by atoms with E-state index in [2.05, 4.69) is 26.1 Å². The monoisotopic (exact) mass is 191 g/mol. The van der Waals surface area contributed by atoms with E-state index < -0.39 is 0 Å². The molecule has 1 aliphatic heterocycles. The fourth-order valence-electron chi connectivity index (χ4n) is 1.40. The average molecular weight is 192 g/mol. The summed E-state index contributed by atoms with van der Waals surface area (Å²) >= 11 is 0. The summed E-state index contributed by atoms with van der Waals surface area (Å²) in [5.74, 6) is 0.406. The second-order valence-corrected chi connectivity index (χ2v) is 4.37. The Morgan fingerprint density at radius 2 is 2.00 bits per heavy atom. The van der Waals surface area contributed by atoms with Gasteiger partial charge in [-0.25, -0.2) is 0 Å². The van der Waals surface area contributed by atoms with Crippen LogP contribution in [0.25, 0.3) is 0 Å². The number of Topliss-reactive ketones (excluding diaryl/α,β-unsaturated/α-hetero) is 1. The van der Waals surface area contributed by atoms with Gasteiger partial charge in [-0.05, 0) is 5.41 Å². The van der Waals surface area contributed by atoms with Gasteiger partial charge in [0.2, 0.25) is 0 Å². The second-order valence-electron chi connectivity index (χ2n) is 4.37. The molecule has 0 aliphatic carbocycles. The van der Waals surface area contributed by atoms with Crippen LogP contribution in [-0.4, -0.2) is 18.4 Å². The molecule has 0 aromatic carbocycles. The Morgan fingerprint density at radius 3 is 2.33 bits per heavy atom. The number of nitrogens with one attached hydrogen (secondary N) is 1. The van der Waals surface area contributed by atoms with E-state index in [0.717, 1.165) is 6.54 Å². The summed E-state index contributed by atoms with van der Waals surface area (Å²) in [4.78, 5) is 11.1. The Bertz CT molecular complexity index is 162. The number of hydrogen-bond donors (Lipinski definition) is 1. The quantitative estimate of drug-likeness (QED) is 0.633. The summed E-state index contributed by atoms with van der Waals surface area (Å²) < 4.78 is 0. The molecule has 1 heterocycles. The highest BCUT2D eigenvalue weighted by Crippen LogP contribution is 2.24. The van der Waals surface area contributed by atoms with E-state index in [1.165, 1.54) is 0 Å². The lowest BCUT2D eigenvalue weighted by Crippen LogP contribution is -2.46. The maximum absolute atomic E-state index is 11.1. The van der Waals surface area contributed by atoms with Gasteiger partial charge in [-0.15, -0.1) is 12.4 Å². The molecule has 1 aliphatic rings. The number of carbonyl (C=O) groups excluding carboxylic acids is 1. The highest BCUT2D eigenvalue weighted by Gasteiger charge is 2.28. The molecule has 3 heteroatoms. The SMILES string of the molecule is CC(C)(C)C1CC(=O)CCN1.Cl. The summed E-state index contributed by atoms with van der Waals surface area (Å²) in [6.45, 7) is 7.37. The van der Waals surface area contributed by atoms with Crippen LogP contribution < -0.4 is 5.32 Å². The van der Waals surface area contributed by atoms with E-state index in [-0.39, 0.29) is 17.8 Å². The van der Waals surface area contributed by atoms with E-state index in [1.807, 2.05) is 0 Å². The first-order chi connectivity index (χ1) is 5.00. The molecular weight excluding hydrogens is 174 g/mol. The lowest BCUT2D eigenvalue weighted by atomic mass is 9.82. The number of ketones is 1. The van der Waals surface area contributed by atoms with Gasteiger partial charge < -0.3 is 5.32 Å². The van der Waals surface area contributed by atoms with Crippen molar-refractivity contribution in [2.24, 2.45) is 5.41 Å². The third kappa shape index (κ3) is 3.11. The minimum Gasteiger partial charge on any atom is -0.313 e. The smallest absolute Gasteiger partial charge is 0.135 e. The summed E-state index contributed by atoms with van der Waals surface area (Å²) in [6.07, 6.45) is 1.43. The number of halogens is 1. The molecule has 0 radical (unpaired) electrons. The molecule has 1 saturated heterocycles. The zero-order valence-electron chi connectivity index (χ0n) is 8.02. The highest BCUT2D eigenvalue weighted by molar-refractivity contribution is 5.85. The van der Waals surface area contributed by atoms with E-state index in [4.69, 9.17) is 0 Å². The van der Waals surface area contributed by atoms with Crippen molar-refractivity contribution in [1.29, 1.82) is 0 Å². The van der Waals surface area contributed by atoms with Gasteiger partial charge in [0.1, 0.15) is 5.78 Å². The van der Waals surface area contributed by atoms with Crippen molar-refractivity contribution in [3.05, 3.63) is 0 Å². The second kappa shape index (κ2) is 4.24. The van der Waals surface area contributed by atoms with E-state index in [9.17, 15) is 4.79 Å². The summed E-state index contributed by atoms with van der Waals surface area (Å²) in [7, 11) is 0. The molecule has 0 aromatic rings. The van der Waals surface area contributed by atoms with Gasteiger partial charge in [0.25, 0.3) is 0 Å². The van der Waals surface area contributed by atoms with Gasteiger partial charge in [0.15, 0.2) is 0 Å². The molecule has 2 nitrogen and oxygen atoms in total. The Morgan fingerprint density at radius 1 is 1.42 bits per heavy atom. The third-order valence-corrected chi connectivity index (χ3v) is 2.27. The zero-order chi connectivity index (χ0) is 8.48. The Kier molecular flexibility index (Phi) is 4.21. The van der Waals surface area contributed by atoms with Crippen LogP contribution in [0.1, 0.15) is 33.6 Å². The van der Waals surface area contributed by atoms with Crippen LogP contribution in [0.3, 0.4) is 0 Å². The third-order valence-electron chi connectivity index (χ3n) is 2.27. The van der Waals surface area contributed by atoms with E-state index in [0.29, 0.717) is 24.7 Å². The van der Waals surface area contributed by atoms with E-state index in [1.54, 1.807) is 0 Å². The van der Waals surface area contributed by atoms with Crippen LogP contribution in [0.15, 0.2) is 0 Å². The van der Waals surface area contributed by atoms with Crippen LogP contribution in [-0.2, 0) is 4.79 Å². The lowest BCUT2D eigenvalue weighted by Gasteiger charge is -2.34. The topological polar surface area (TPSA) is 29.1 Å². The number of hydrogen-bond acceptors (Lipinski definition) is 2. The molecule has 0 aromatic heterocycles. The van der Waals surface area contributed by atoms with Crippen molar-refractivity contribution in [1.82, 2.24) is 5.32 Å². The largest absolute Gasteiger partial charge is 0.313 e. The lowest BCUT2D eigenvalue weighted by molar-refractivity contribution is -0.121. The average Bonchev–Trinajstić information content (AvgIpc) is 1.86. The van der Waals surface area contributed by atoms with Gasteiger partial charge in [-0.2, -0.15) is 0 Å². The molecule has 12 heavy (non-hydrogen) atoms. The van der Waals surface area contributed by atoms with Crippen molar-refractivity contribution in [3.63, 3.8) is 0 Å². The number of carbonyl (C=O) groups is 1. The fourth-order valence-corrected chi connectivity index (χ4v) is 1.40. The van der Waals surface area contributed by atoms with Crippen molar-refractivity contribution >= 4 is 18.2 Å². The minimum absolute atomic E-state index is 0. The molecule has 0 bridgehead atoms. The molecule has 1 unspecified atom stereocenters. The zero-order valence-corrected chi connectivity index (χ0v) is 8.83. The Balaban J connectivity index is 0.00000121. The van der Waals surface area contributed by atoms with Crippen molar-refractivity contribution in [3.8, 4) is 0 Å². The van der Waals surface area contributed by atoms with Gasteiger partial charge >= 0.3 is 0 Å². The van der Waals surface area contributed by atoms with Crippen molar-refractivity contribution < 1.29 is 4.79 Å². The van der Waals surface area contributed by atoms with Gasteiger partial charge in [0, 0.05) is 25.4 Å². The maximum atomic E-state index is 11.1. The predicted molar refractivity (Wildman–Crippen MR) is 52.7 cm³/mol. The van der Waals surface area contributed by atoms with Gasteiger partial charge in [-0.1, -0.05) is 20.8 Å². The summed E-state index contributed by atoms with van der Waals surface area (Å²) in [5.41, 5.74) is 0.218. The predicted octanol–water partition coefficient (Wildman–Crippen LogP) is 1.78. The van der Waals surface area contributed by atoms with Crippen LogP contribution >= 0.6 is 12.4 Å². The van der Waals surface area contributed by atoms with Crippen LogP contribution in [0.2, 0.25) is 0 Å².